The molecule has 0 saturated carbocycles. The average Bonchev–Trinajstić information content (AvgIpc) is 2.67. The molecule has 0 aromatic carbocycles. The number of aromatic nitrogens is 2. The molecule has 18 heavy (non-hydrogen) atoms. The first-order chi connectivity index (χ1) is 8.65. The van der Waals surface area contributed by atoms with Crippen LogP contribution >= 0.6 is 11.6 Å². The summed E-state index contributed by atoms with van der Waals surface area (Å²) in [5, 5.41) is 3.45. The minimum absolute atomic E-state index is 0.0885. The Balaban J connectivity index is 2.15. The normalized spacial score (nSPS) is 10.6. The van der Waals surface area contributed by atoms with Crippen LogP contribution in [0.25, 0.3) is 0 Å². The molecule has 0 aliphatic carbocycles. The molecule has 4 nitrogen and oxygen atoms in total. The molecule has 0 spiro atoms. The summed E-state index contributed by atoms with van der Waals surface area (Å²) in [4.78, 5) is 15.7. The highest BCUT2D eigenvalue weighted by atomic mass is 35.5. The van der Waals surface area contributed by atoms with Gasteiger partial charge in [-0.3, -0.25) is 4.79 Å². The van der Waals surface area contributed by atoms with E-state index in [1.807, 2.05) is 7.05 Å². The maximum Gasteiger partial charge on any atom is 0.220 e. The molecule has 0 unspecified atom stereocenters. The first-order valence-electron chi connectivity index (χ1n) is 6.58. The molecule has 1 N–H and O–H groups in total. The smallest absolute Gasteiger partial charge is 0.220 e. The van der Waals surface area contributed by atoms with Gasteiger partial charge in [0.1, 0.15) is 11.0 Å². The van der Waals surface area contributed by atoms with Crippen molar-refractivity contribution in [2.75, 3.05) is 0 Å². The molecule has 0 aliphatic rings. The maximum atomic E-state index is 11.6. The van der Waals surface area contributed by atoms with Gasteiger partial charge in [-0.15, -0.1) is 0 Å². The van der Waals surface area contributed by atoms with E-state index in [-0.39, 0.29) is 5.91 Å². The standard InChI is InChI=1S/C13H22ClN3O/c1-3-4-5-6-7-8-13(18)16-10-12-15-9-11(14)17(12)2/h9H,3-8,10H2,1-2H3,(H,16,18). The number of carbonyl (C=O) groups is 1. The predicted molar refractivity (Wildman–Crippen MR) is 73.4 cm³/mol. The highest BCUT2D eigenvalue weighted by Gasteiger charge is 2.06. The third-order valence-electron chi connectivity index (χ3n) is 2.98. The van der Waals surface area contributed by atoms with Crippen LogP contribution in [0.5, 0.6) is 0 Å². The van der Waals surface area contributed by atoms with Crippen LogP contribution in [-0.4, -0.2) is 15.5 Å². The topological polar surface area (TPSA) is 46.9 Å². The van der Waals surface area contributed by atoms with Crippen molar-refractivity contribution in [3.63, 3.8) is 0 Å². The van der Waals surface area contributed by atoms with E-state index in [9.17, 15) is 4.79 Å². The number of nitrogens with one attached hydrogen (secondary N) is 1. The fraction of sp³-hybridized carbons (Fsp3) is 0.692. The van der Waals surface area contributed by atoms with Crippen LogP contribution in [0.15, 0.2) is 6.20 Å². The molecule has 0 radical (unpaired) electrons. The third-order valence-corrected chi connectivity index (χ3v) is 3.33. The van der Waals surface area contributed by atoms with Crippen LogP contribution < -0.4 is 5.32 Å². The van der Waals surface area contributed by atoms with E-state index < -0.39 is 0 Å². The third kappa shape index (κ3) is 5.08. The number of unbranched alkanes of at least 4 members (excludes halogenated alkanes) is 4. The van der Waals surface area contributed by atoms with Gasteiger partial charge in [0.2, 0.25) is 5.91 Å². The van der Waals surface area contributed by atoms with Gasteiger partial charge in [0.15, 0.2) is 0 Å². The lowest BCUT2D eigenvalue weighted by Gasteiger charge is -2.05. The largest absolute Gasteiger partial charge is 0.349 e. The van der Waals surface area contributed by atoms with E-state index in [0.29, 0.717) is 18.1 Å². The quantitative estimate of drug-likeness (QED) is 0.739. The number of hydrogen-bond acceptors (Lipinski definition) is 2. The molecule has 1 aromatic heterocycles. The SMILES string of the molecule is CCCCCCCC(=O)NCc1ncc(Cl)n1C. The van der Waals surface area contributed by atoms with Gasteiger partial charge in [0.05, 0.1) is 12.7 Å². The highest BCUT2D eigenvalue weighted by molar-refractivity contribution is 6.29. The Labute approximate surface area is 114 Å². The lowest BCUT2D eigenvalue weighted by Crippen LogP contribution is -2.24. The molecular weight excluding hydrogens is 250 g/mol. The summed E-state index contributed by atoms with van der Waals surface area (Å²) in [6, 6.07) is 0. The van der Waals surface area contributed by atoms with E-state index >= 15 is 0 Å². The van der Waals surface area contributed by atoms with Crippen molar-refractivity contribution >= 4 is 17.5 Å². The fourth-order valence-electron chi connectivity index (χ4n) is 1.74. The Kier molecular flexibility index (Phi) is 6.80. The van der Waals surface area contributed by atoms with Crippen LogP contribution in [-0.2, 0) is 18.4 Å². The molecule has 0 atom stereocenters. The van der Waals surface area contributed by atoms with Gasteiger partial charge in [-0.05, 0) is 6.42 Å². The van der Waals surface area contributed by atoms with Gasteiger partial charge in [-0.2, -0.15) is 0 Å². The van der Waals surface area contributed by atoms with Crippen LogP contribution in [0, 0.1) is 0 Å². The van der Waals surface area contributed by atoms with Crippen molar-refractivity contribution in [3.05, 3.63) is 17.2 Å². The van der Waals surface area contributed by atoms with Crippen LogP contribution in [0.3, 0.4) is 0 Å². The Hall–Kier alpha value is -1.03. The summed E-state index contributed by atoms with van der Waals surface area (Å²) in [5.41, 5.74) is 0. The Bertz CT molecular complexity index is 376. The first kappa shape index (κ1) is 15.0. The lowest BCUT2D eigenvalue weighted by molar-refractivity contribution is -0.121. The number of hydrogen-bond donors (Lipinski definition) is 1. The molecule has 1 rings (SSSR count). The van der Waals surface area contributed by atoms with Crippen LogP contribution in [0.2, 0.25) is 5.15 Å². The summed E-state index contributed by atoms with van der Waals surface area (Å²) in [7, 11) is 1.83. The van der Waals surface area contributed by atoms with Gasteiger partial charge in [0, 0.05) is 13.5 Å². The highest BCUT2D eigenvalue weighted by Crippen LogP contribution is 2.09. The van der Waals surface area contributed by atoms with Gasteiger partial charge in [-0.25, -0.2) is 4.98 Å². The zero-order valence-corrected chi connectivity index (χ0v) is 12.0. The molecule has 5 heteroatoms. The van der Waals surface area contributed by atoms with Gasteiger partial charge in [0.25, 0.3) is 0 Å². The molecule has 1 aromatic rings. The number of carbonyl (C=O) groups excluding carboxylic acids is 1. The van der Waals surface area contributed by atoms with Crippen LogP contribution in [0.1, 0.15) is 51.3 Å². The van der Waals surface area contributed by atoms with Crippen molar-refractivity contribution in [1.29, 1.82) is 0 Å². The number of amides is 1. The molecule has 102 valence electrons. The minimum Gasteiger partial charge on any atom is -0.349 e. The molecular formula is C13H22ClN3O. The van der Waals surface area contributed by atoms with E-state index in [4.69, 9.17) is 11.6 Å². The van der Waals surface area contributed by atoms with Crippen molar-refractivity contribution < 1.29 is 4.79 Å². The number of imidazole rings is 1. The minimum atomic E-state index is 0.0885. The number of halogens is 1. The predicted octanol–water partition coefficient (Wildman–Crippen LogP) is 3.05. The Morgan fingerprint density at radius 3 is 2.72 bits per heavy atom. The summed E-state index contributed by atoms with van der Waals surface area (Å²) >= 11 is 5.86. The molecule has 1 amide bonds. The second kappa shape index (κ2) is 8.14. The number of rotatable bonds is 8. The summed E-state index contributed by atoms with van der Waals surface area (Å²) < 4.78 is 1.77. The fourth-order valence-corrected chi connectivity index (χ4v) is 1.89. The second-order valence-corrected chi connectivity index (χ2v) is 4.88. The van der Waals surface area contributed by atoms with Crippen LogP contribution in [0.4, 0.5) is 0 Å². The summed E-state index contributed by atoms with van der Waals surface area (Å²) in [6.07, 6.45) is 8.00. The monoisotopic (exact) mass is 271 g/mol. The van der Waals surface area contributed by atoms with Gasteiger partial charge in [-0.1, -0.05) is 44.2 Å². The zero-order valence-electron chi connectivity index (χ0n) is 11.2. The summed E-state index contributed by atoms with van der Waals surface area (Å²) in [5.74, 6) is 0.866. The van der Waals surface area contributed by atoms with E-state index in [0.717, 1.165) is 18.7 Å². The van der Waals surface area contributed by atoms with Crippen molar-refractivity contribution in [1.82, 2.24) is 14.9 Å². The molecule has 1 heterocycles. The second-order valence-electron chi connectivity index (χ2n) is 4.50. The van der Waals surface area contributed by atoms with E-state index in [1.54, 1.807) is 10.8 Å². The first-order valence-corrected chi connectivity index (χ1v) is 6.95. The van der Waals surface area contributed by atoms with Crippen molar-refractivity contribution in [3.8, 4) is 0 Å². The average molecular weight is 272 g/mol. The summed E-state index contributed by atoms with van der Waals surface area (Å²) in [6.45, 7) is 2.63. The van der Waals surface area contributed by atoms with E-state index in [1.165, 1.54) is 19.3 Å². The molecule has 0 bridgehead atoms. The maximum absolute atomic E-state index is 11.6. The molecule has 0 fully saturated rings. The van der Waals surface area contributed by atoms with Crippen molar-refractivity contribution in [2.24, 2.45) is 7.05 Å². The zero-order chi connectivity index (χ0) is 13.4. The van der Waals surface area contributed by atoms with E-state index in [2.05, 4.69) is 17.2 Å². The van der Waals surface area contributed by atoms with Gasteiger partial charge < -0.3 is 9.88 Å². The molecule has 0 saturated heterocycles. The lowest BCUT2D eigenvalue weighted by atomic mass is 10.1. The number of nitrogens with zero attached hydrogens (tertiary/aromatic N) is 2. The molecule has 0 aliphatic heterocycles. The van der Waals surface area contributed by atoms with Crippen molar-refractivity contribution in [2.45, 2.75) is 52.0 Å². The Morgan fingerprint density at radius 2 is 2.11 bits per heavy atom. The van der Waals surface area contributed by atoms with Gasteiger partial charge >= 0.3 is 0 Å². The Morgan fingerprint density at radius 1 is 1.39 bits per heavy atom.